The number of ether oxygens (including phenoxy) is 2. The van der Waals surface area contributed by atoms with Crippen LogP contribution in [0.25, 0.3) is 0 Å². The second kappa shape index (κ2) is 5.75. The standard InChI is InChI=1S/C14H18N2O3/c1-4-19-11-8-6-5-7-10(11)14(17)13-12(18-3)9-15-16(13)2/h5-9,14,17H,4H2,1-3H3. The van der Waals surface area contributed by atoms with E-state index in [1.54, 1.807) is 25.0 Å². The van der Waals surface area contributed by atoms with Gasteiger partial charge in [0.15, 0.2) is 5.75 Å². The predicted molar refractivity (Wildman–Crippen MR) is 71.4 cm³/mol. The van der Waals surface area contributed by atoms with Gasteiger partial charge in [-0.3, -0.25) is 4.68 Å². The zero-order valence-corrected chi connectivity index (χ0v) is 11.3. The first-order valence-electron chi connectivity index (χ1n) is 6.14. The quantitative estimate of drug-likeness (QED) is 0.894. The molecule has 0 bridgehead atoms. The van der Waals surface area contributed by atoms with Crippen LogP contribution in [0.1, 0.15) is 24.3 Å². The lowest BCUT2D eigenvalue weighted by Crippen LogP contribution is -2.09. The fourth-order valence-electron chi connectivity index (χ4n) is 2.04. The molecule has 5 heteroatoms. The van der Waals surface area contributed by atoms with Gasteiger partial charge in [0.05, 0.1) is 19.9 Å². The molecule has 0 spiro atoms. The molecule has 1 atom stereocenters. The van der Waals surface area contributed by atoms with E-state index in [1.165, 1.54) is 0 Å². The number of aliphatic hydroxyl groups is 1. The molecule has 1 N–H and O–H groups in total. The van der Waals surface area contributed by atoms with Crippen LogP contribution >= 0.6 is 0 Å². The van der Waals surface area contributed by atoms with Crippen molar-refractivity contribution >= 4 is 0 Å². The van der Waals surface area contributed by atoms with Crippen LogP contribution in [0.3, 0.4) is 0 Å². The van der Waals surface area contributed by atoms with Crippen molar-refractivity contribution in [3.05, 3.63) is 41.7 Å². The summed E-state index contributed by atoms with van der Waals surface area (Å²) in [7, 11) is 3.33. The van der Waals surface area contributed by atoms with Crippen LogP contribution in [-0.2, 0) is 7.05 Å². The van der Waals surface area contributed by atoms with Crippen LogP contribution in [0.5, 0.6) is 11.5 Å². The summed E-state index contributed by atoms with van der Waals surface area (Å²) in [6, 6.07) is 7.42. The highest BCUT2D eigenvalue weighted by Crippen LogP contribution is 2.34. The first-order valence-corrected chi connectivity index (χ1v) is 6.14. The highest BCUT2D eigenvalue weighted by molar-refractivity contribution is 5.42. The van der Waals surface area contributed by atoms with E-state index >= 15 is 0 Å². The van der Waals surface area contributed by atoms with Gasteiger partial charge in [-0.15, -0.1) is 0 Å². The molecule has 0 aliphatic carbocycles. The number of aromatic nitrogens is 2. The SMILES string of the molecule is CCOc1ccccc1C(O)c1c(OC)cnn1C. The Balaban J connectivity index is 2.43. The lowest BCUT2D eigenvalue weighted by atomic mass is 10.0. The summed E-state index contributed by atoms with van der Waals surface area (Å²) in [6.07, 6.45) is 0.743. The molecule has 0 aliphatic rings. The molecule has 1 unspecified atom stereocenters. The minimum absolute atomic E-state index is 0.548. The second-order valence-electron chi connectivity index (χ2n) is 4.10. The van der Waals surface area contributed by atoms with Crippen molar-refractivity contribution in [1.29, 1.82) is 0 Å². The van der Waals surface area contributed by atoms with Crippen LogP contribution < -0.4 is 9.47 Å². The summed E-state index contributed by atoms with van der Waals surface area (Å²) >= 11 is 0. The molecule has 1 aromatic heterocycles. The molecule has 19 heavy (non-hydrogen) atoms. The number of benzene rings is 1. The van der Waals surface area contributed by atoms with E-state index in [2.05, 4.69) is 5.10 Å². The molecule has 5 nitrogen and oxygen atoms in total. The molecule has 0 fully saturated rings. The number of rotatable bonds is 5. The van der Waals surface area contributed by atoms with Crippen molar-refractivity contribution in [1.82, 2.24) is 9.78 Å². The summed E-state index contributed by atoms with van der Waals surface area (Å²) in [5.74, 6) is 1.22. The van der Waals surface area contributed by atoms with Gasteiger partial charge in [-0.05, 0) is 13.0 Å². The van der Waals surface area contributed by atoms with Crippen LogP contribution in [-0.4, -0.2) is 28.6 Å². The van der Waals surface area contributed by atoms with Gasteiger partial charge >= 0.3 is 0 Å². The van der Waals surface area contributed by atoms with E-state index in [4.69, 9.17) is 9.47 Å². The van der Waals surface area contributed by atoms with Crippen molar-refractivity contribution in [3.63, 3.8) is 0 Å². The number of hydrogen-bond donors (Lipinski definition) is 1. The van der Waals surface area contributed by atoms with E-state index in [0.717, 1.165) is 0 Å². The number of hydrogen-bond acceptors (Lipinski definition) is 4. The fraction of sp³-hybridized carbons (Fsp3) is 0.357. The van der Waals surface area contributed by atoms with E-state index < -0.39 is 6.10 Å². The zero-order chi connectivity index (χ0) is 13.8. The van der Waals surface area contributed by atoms with Crippen LogP contribution in [0, 0.1) is 0 Å². The van der Waals surface area contributed by atoms with Crippen LogP contribution in [0.15, 0.2) is 30.5 Å². The lowest BCUT2D eigenvalue weighted by Gasteiger charge is -2.16. The summed E-state index contributed by atoms with van der Waals surface area (Å²) < 4.78 is 12.4. The number of nitrogens with zero attached hydrogens (tertiary/aromatic N) is 2. The third-order valence-corrected chi connectivity index (χ3v) is 2.94. The number of para-hydroxylation sites is 1. The van der Waals surface area contributed by atoms with Crippen LogP contribution in [0.4, 0.5) is 0 Å². The normalized spacial score (nSPS) is 12.2. The minimum Gasteiger partial charge on any atom is -0.493 e. The summed E-state index contributed by atoms with van der Waals surface area (Å²) in [6.45, 7) is 2.46. The molecule has 102 valence electrons. The number of aryl methyl sites for hydroxylation is 1. The van der Waals surface area contributed by atoms with Crippen molar-refractivity contribution in [3.8, 4) is 11.5 Å². The smallest absolute Gasteiger partial charge is 0.162 e. The molecular weight excluding hydrogens is 244 g/mol. The lowest BCUT2D eigenvalue weighted by molar-refractivity contribution is 0.197. The highest BCUT2D eigenvalue weighted by Gasteiger charge is 2.22. The highest BCUT2D eigenvalue weighted by atomic mass is 16.5. The number of methoxy groups -OCH3 is 1. The van der Waals surface area contributed by atoms with Crippen molar-refractivity contribution < 1.29 is 14.6 Å². The average Bonchev–Trinajstić information content (AvgIpc) is 2.80. The summed E-state index contributed by atoms with van der Waals surface area (Å²) in [5.41, 5.74) is 1.31. The van der Waals surface area contributed by atoms with Gasteiger partial charge in [0.1, 0.15) is 17.5 Å². The first-order chi connectivity index (χ1) is 9.19. The molecule has 0 amide bonds. The molecule has 2 rings (SSSR count). The maximum atomic E-state index is 10.6. The van der Waals surface area contributed by atoms with Crippen molar-refractivity contribution in [2.45, 2.75) is 13.0 Å². The maximum Gasteiger partial charge on any atom is 0.162 e. The summed E-state index contributed by atoms with van der Waals surface area (Å²) in [4.78, 5) is 0. The van der Waals surface area contributed by atoms with Crippen molar-refractivity contribution in [2.24, 2.45) is 7.05 Å². The van der Waals surface area contributed by atoms with E-state index in [9.17, 15) is 5.11 Å². The molecule has 1 aromatic carbocycles. The Labute approximate surface area is 112 Å². The largest absolute Gasteiger partial charge is 0.493 e. The first kappa shape index (κ1) is 13.4. The average molecular weight is 262 g/mol. The van der Waals surface area contributed by atoms with Gasteiger partial charge in [-0.25, -0.2) is 0 Å². The van der Waals surface area contributed by atoms with E-state index in [1.807, 2.05) is 31.2 Å². The molecular formula is C14H18N2O3. The maximum absolute atomic E-state index is 10.6. The third kappa shape index (κ3) is 2.56. The van der Waals surface area contributed by atoms with E-state index in [-0.39, 0.29) is 0 Å². The topological polar surface area (TPSA) is 56.5 Å². The zero-order valence-electron chi connectivity index (χ0n) is 11.3. The number of aliphatic hydroxyl groups excluding tert-OH is 1. The van der Waals surface area contributed by atoms with Gasteiger partial charge in [-0.2, -0.15) is 5.10 Å². The monoisotopic (exact) mass is 262 g/mol. The molecule has 0 radical (unpaired) electrons. The Morgan fingerprint density at radius 1 is 1.32 bits per heavy atom. The second-order valence-corrected chi connectivity index (χ2v) is 4.10. The molecule has 0 saturated heterocycles. The van der Waals surface area contributed by atoms with Crippen LogP contribution in [0.2, 0.25) is 0 Å². The molecule has 0 saturated carbocycles. The fourth-order valence-corrected chi connectivity index (χ4v) is 2.04. The Bertz CT molecular complexity index is 551. The van der Waals surface area contributed by atoms with Gasteiger partial charge in [0.2, 0.25) is 0 Å². The third-order valence-electron chi connectivity index (χ3n) is 2.94. The minimum atomic E-state index is -0.842. The Morgan fingerprint density at radius 2 is 2.05 bits per heavy atom. The van der Waals surface area contributed by atoms with Gasteiger partial charge < -0.3 is 14.6 Å². The van der Waals surface area contributed by atoms with Gasteiger partial charge in [0.25, 0.3) is 0 Å². The Hall–Kier alpha value is -2.01. The Kier molecular flexibility index (Phi) is 4.06. The van der Waals surface area contributed by atoms with Gasteiger partial charge in [-0.1, -0.05) is 18.2 Å². The van der Waals surface area contributed by atoms with Gasteiger partial charge in [0, 0.05) is 12.6 Å². The molecule has 0 aliphatic heterocycles. The summed E-state index contributed by atoms with van der Waals surface area (Å²) in [5, 5.41) is 14.7. The predicted octanol–water partition coefficient (Wildman–Crippen LogP) is 1.91. The Morgan fingerprint density at radius 3 is 2.74 bits per heavy atom. The van der Waals surface area contributed by atoms with E-state index in [0.29, 0.717) is 29.4 Å². The van der Waals surface area contributed by atoms with Crippen molar-refractivity contribution in [2.75, 3.05) is 13.7 Å². The molecule has 2 aromatic rings. The molecule has 1 heterocycles.